The molecule has 0 aliphatic heterocycles. The first-order valence-corrected chi connectivity index (χ1v) is 9.32. The Hall–Kier alpha value is -3.36. The summed E-state index contributed by atoms with van der Waals surface area (Å²) in [5.74, 6) is 0.354. The summed E-state index contributed by atoms with van der Waals surface area (Å²) in [7, 11) is 0. The lowest BCUT2D eigenvalue weighted by Gasteiger charge is -2.07. The first kappa shape index (κ1) is 18.4. The van der Waals surface area contributed by atoms with Gasteiger partial charge < -0.3 is 10.1 Å². The van der Waals surface area contributed by atoms with Crippen molar-refractivity contribution in [1.82, 2.24) is 5.32 Å². The monoisotopic (exact) mass is 374 g/mol. The lowest BCUT2D eigenvalue weighted by molar-refractivity contribution is -0.117. The molecule has 0 unspecified atom stereocenters. The molecule has 0 saturated carbocycles. The van der Waals surface area contributed by atoms with E-state index >= 15 is 0 Å². The quantitative estimate of drug-likeness (QED) is 0.487. The predicted octanol–water partition coefficient (Wildman–Crippen LogP) is 4.55. The fourth-order valence-corrected chi connectivity index (χ4v) is 3.04. The Balaban J connectivity index is 1.59. The van der Waals surface area contributed by atoms with Crippen molar-refractivity contribution in [1.29, 1.82) is 5.26 Å². The number of benzene rings is 2. The van der Waals surface area contributed by atoms with Crippen LogP contribution in [0.3, 0.4) is 0 Å². The molecule has 1 heterocycles. The van der Waals surface area contributed by atoms with Crippen molar-refractivity contribution in [3.8, 4) is 11.8 Å². The van der Waals surface area contributed by atoms with Crippen LogP contribution in [0.15, 0.2) is 77.7 Å². The van der Waals surface area contributed by atoms with E-state index in [0.717, 1.165) is 21.8 Å². The maximum Gasteiger partial charge on any atom is 0.262 e. The number of hydrogen-bond donors (Lipinski definition) is 1. The summed E-state index contributed by atoms with van der Waals surface area (Å²) in [6, 6.07) is 23.0. The highest BCUT2D eigenvalue weighted by atomic mass is 32.1. The first-order chi connectivity index (χ1) is 13.2. The normalized spacial score (nSPS) is 10.9. The molecule has 5 heteroatoms. The topological polar surface area (TPSA) is 62.1 Å². The third-order valence-corrected chi connectivity index (χ3v) is 4.68. The van der Waals surface area contributed by atoms with Gasteiger partial charge >= 0.3 is 0 Å². The summed E-state index contributed by atoms with van der Waals surface area (Å²) in [4.78, 5) is 13.2. The standard InChI is InChI=1S/C22H18N2O2S/c23-14-19(22(25)24-15-21-7-4-12-27-21)13-17-8-10-20(11-9-17)26-16-18-5-2-1-3-6-18/h1-13H,15-16H2,(H,24,25)/b19-13-. The molecule has 0 radical (unpaired) electrons. The molecule has 1 aromatic heterocycles. The molecule has 0 bridgehead atoms. The van der Waals surface area contributed by atoms with E-state index in [9.17, 15) is 10.1 Å². The number of thiophene rings is 1. The van der Waals surface area contributed by atoms with Gasteiger partial charge in [-0.3, -0.25) is 4.79 Å². The second-order valence-electron chi connectivity index (χ2n) is 5.78. The van der Waals surface area contributed by atoms with E-state index in [1.807, 2.05) is 78.2 Å². The van der Waals surface area contributed by atoms with E-state index < -0.39 is 0 Å². The Labute approximate surface area is 162 Å². The Morgan fingerprint density at radius 2 is 1.85 bits per heavy atom. The van der Waals surface area contributed by atoms with Gasteiger partial charge in [0, 0.05) is 4.88 Å². The Kier molecular flexibility index (Phi) is 6.40. The molecule has 0 saturated heterocycles. The number of amides is 1. The zero-order valence-corrected chi connectivity index (χ0v) is 15.4. The minimum absolute atomic E-state index is 0.0736. The molecule has 0 atom stereocenters. The Bertz CT molecular complexity index is 940. The van der Waals surface area contributed by atoms with Crippen molar-refractivity contribution >= 4 is 23.3 Å². The van der Waals surface area contributed by atoms with Gasteiger partial charge in [-0.05, 0) is 40.8 Å². The zero-order valence-electron chi connectivity index (χ0n) is 14.6. The van der Waals surface area contributed by atoms with Crippen molar-refractivity contribution in [2.24, 2.45) is 0 Å². The molecular weight excluding hydrogens is 356 g/mol. The van der Waals surface area contributed by atoms with Gasteiger partial charge in [0.25, 0.3) is 5.91 Å². The Morgan fingerprint density at radius 1 is 1.07 bits per heavy atom. The smallest absolute Gasteiger partial charge is 0.262 e. The maximum absolute atomic E-state index is 12.2. The van der Waals surface area contributed by atoms with Gasteiger partial charge in [-0.1, -0.05) is 48.5 Å². The summed E-state index contributed by atoms with van der Waals surface area (Å²) in [6.45, 7) is 0.909. The molecule has 134 valence electrons. The highest BCUT2D eigenvalue weighted by molar-refractivity contribution is 7.09. The van der Waals surface area contributed by atoms with Crippen LogP contribution >= 0.6 is 11.3 Å². The molecule has 3 rings (SSSR count). The summed E-state index contributed by atoms with van der Waals surface area (Å²) >= 11 is 1.56. The first-order valence-electron chi connectivity index (χ1n) is 8.44. The minimum Gasteiger partial charge on any atom is -0.489 e. The second-order valence-corrected chi connectivity index (χ2v) is 6.81. The van der Waals surface area contributed by atoms with Crippen LogP contribution in [0.25, 0.3) is 6.08 Å². The highest BCUT2D eigenvalue weighted by Crippen LogP contribution is 2.16. The molecule has 2 aromatic carbocycles. The molecular formula is C22H18N2O2S. The van der Waals surface area contributed by atoms with Crippen LogP contribution in [-0.2, 0) is 17.9 Å². The molecule has 0 aliphatic rings. The largest absolute Gasteiger partial charge is 0.489 e. The third kappa shape index (κ3) is 5.56. The van der Waals surface area contributed by atoms with Crippen LogP contribution in [0.1, 0.15) is 16.0 Å². The number of rotatable bonds is 7. The van der Waals surface area contributed by atoms with Gasteiger partial charge in [-0.25, -0.2) is 0 Å². The number of nitrogens with zero attached hydrogens (tertiary/aromatic N) is 1. The average molecular weight is 374 g/mol. The van der Waals surface area contributed by atoms with Crippen LogP contribution < -0.4 is 10.1 Å². The lowest BCUT2D eigenvalue weighted by Crippen LogP contribution is -2.23. The number of hydrogen-bond acceptors (Lipinski definition) is 4. The van der Waals surface area contributed by atoms with Gasteiger partial charge in [-0.15, -0.1) is 11.3 Å². The van der Waals surface area contributed by atoms with Crippen LogP contribution in [0, 0.1) is 11.3 Å². The van der Waals surface area contributed by atoms with Gasteiger partial charge in [0.05, 0.1) is 6.54 Å². The van der Waals surface area contributed by atoms with E-state index in [-0.39, 0.29) is 11.5 Å². The number of nitrogens with one attached hydrogen (secondary N) is 1. The minimum atomic E-state index is -0.379. The number of ether oxygens (including phenoxy) is 1. The predicted molar refractivity (Wildman–Crippen MR) is 107 cm³/mol. The summed E-state index contributed by atoms with van der Waals surface area (Å²) in [5.41, 5.74) is 1.94. The molecule has 4 nitrogen and oxygen atoms in total. The highest BCUT2D eigenvalue weighted by Gasteiger charge is 2.09. The molecule has 0 aliphatic carbocycles. The molecule has 0 spiro atoms. The van der Waals surface area contributed by atoms with Gasteiger partial charge in [0.2, 0.25) is 0 Å². The average Bonchev–Trinajstić information content (AvgIpc) is 3.24. The van der Waals surface area contributed by atoms with Gasteiger partial charge in [0.15, 0.2) is 0 Å². The molecule has 27 heavy (non-hydrogen) atoms. The number of nitriles is 1. The van der Waals surface area contributed by atoms with Crippen LogP contribution in [0.4, 0.5) is 0 Å². The summed E-state index contributed by atoms with van der Waals surface area (Å²) < 4.78 is 5.74. The maximum atomic E-state index is 12.2. The summed E-state index contributed by atoms with van der Waals surface area (Å²) in [5, 5.41) is 14.0. The number of carbonyl (C=O) groups is 1. The van der Waals surface area contributed by atoms with Gasteiger partial charge in [0.1, 0.15) is 24.0 Å². The molecule has 0 fully saturated rings. The van der Waals surface area contributed by atoms with Crippen molar-refractivity contribution < 1.29 is 9.53 Å². The fraction of sp³-hybridized carbons (Fsp3) is 0.0909. The summed E-state index contributed by atoms with van der Waals surface area (Å²) in [6.07, 6.45) is 1.57. The van der Waals surface area contributed by atoms with Crippen LogP contribution in [0.5, 0.6) is 5.75 Å². The molecule has 1 N–H and O–H groups in total. The lowest BCUT2D eigenvalue weighted by atomic mass is 10.1. The van der Waals surface area contributed by atoms with Crippen molar-refractivity contribution in [2.45, 2.75) is 13.2 Å². The molecule has 3 aromatic rings. The van der Waals surface area contributed by atoms with Gasteiger partial charge in [-0.2, -0.15) is 5.26 Å². The Morgan fingerprint density at radius 3 is 2.52 bits per heavy atom. The van der Waals surface area contributed by atoms with E-state index in [1.165, 1.54) is 0 Å². The van der Waals surface area contributed by atoms with Crippen LogP contribution in [0.2, 0.25) is 0 Å². The van der Waals surface area contributed by atoms with Crippen molar-refractivity contribution in [3.05, 3.63) is 93.7 Å². The molecule has 1 amide bonds. The van der Waals surface area contributed by atoms with Crippen molar-refractivity contribution in [3.63, 3.8) is 0 Å². The fourth-order valence-electron chi connectivity index (χ4n) is 2.39. The van der Waals surface area contributed by atoms with E-state index in [2.05, 4.69) is 5.32 Å². The SMILES string of the molecule is N#C/C(=C/c1ccc(OCc2ccccc2)cc1)C(=O)NCc1cccs1. The second kappa shape index (κ2) is 9.37. The van der Waals surface area contributed by atoms with E-state index in [1.54, 1.807) is 17.4 Å². The van der Waals surface area contributed by atoms with E-state index in [0.29, 0.717) is 13.2 Å². The number of carbonyl (C=O) groups excluding carboxylic acids is 1. The van der Waals surface area contributed by atoms with Crippen molar-refractivity contribution in [2.75, 3.05) is 0 Å². The van der Waals surface area contributed by atoms with E-state index in [4.69, 9.17) is 4.74 Å². The third-order valence-electron chi connectivity index (χ3n) is 3.81. The zero-order chi connectivity index (χ0) is 18.9. The van der Waals surface area contributed by atoms with Crippen LogP contribution in [-0.4, -0.2) is 5.91 Å².